The van der Waals surface area contributed by atoms with Crippen molar-refractivity contribution >= 4 is 56.7 Å². The smallest absolute Gasteiger partial charge is 0.174 e. The fourth-order valence-corrected chi connectivity index (χ4v) is 4.81. The quantitative estimate of drug-likeness (QED) is 0.268. The van der Waals surface area contributed by atoms with E-state index in [2.05, 4.69) is 60.7 Å². The Labute approximate surface area is 196 Å². The summed E-state index contributed by atoms with van der Waals surface area (Å²) in [5.41, 5.74) is 8.65. The third-order valence-corrected chi connectivity index (χ3v) is 6.53. The van der Waals surface area contributed by atoms with Crippen molar-refractivity contribution in [1.29, 1.82) is 0 Å². The minimum Gasteiger partial charge on any atom is -0.456 e. The summed E-state index contributed by atoms with van der Waals surface area (Å²) in [6, 6.07) is 33.3. The van der Waals surface area contributed by atoms with E-state index in [1.807, 2.05) is 50.5 Å². The molecule has 34 heavy (non-hydrogen) atoms. The monoisotopic (exact) mass is 436 g/mol. The highest BCUT2D eigenvalue weighted by Gasteiger charge is 2.12. The van der Waals surface area contributed by atoms with E-state index in [0.717, 1.165) is 71.9 Å². The van der Waals surface area contributed by atoms with Crippen molar-refractivity contribution in [3.05, 3.63) is 97.1 Å². The molecule has 0 unspecified atom stereocenters. The molecule has 3 nitrogen and oxygen atoms in total. The number of para-hydroxylation sites is 2. The van der Waals surface area contributed by atoms with Gasteiger partial charge < -0.3 is 8.83 Å². The van der Waals surface area contributed by atoms with Crippen molar-refractivity contribution in [2.45, 2.75) is 6.82 Å². The number of pyridine rings is 1. The van der Waals surface area contributed by atoms with Crippen LogP contribution in [0.2, 0.25) is 6.82 Å². The summed E-state index contributed by atoms with van der Waals surface area (Å²) in [6.45, 7) is 2.01. The molecule has 4 aromatic carbocycles. The second-order valence-electron chi connectivity index (χ2n) is 8.57. The standard InChI is InChI=1S/C30H19BNO2/c1-31-30-17-20(18-10-12-23-21-6-2-4-8-26(21)33-28(23)15-18)14-25(32-30)19-11-13-24-22-7-3-5-9-27(22)34-29(24)16-19/h2-17H,1H3. The molecular weight excluding hydrogens is 417 g/mol. The van der Waals surface area contributed by atoms with Crippen LogP contribution in [0.5, 0.6) is 0 Å². The van der Waals surface area contributed by atoms with E-state index in [-0.39, 0.29) is 0 Å². The first-order valence-corrected chi connectivity index (χ1v) is 11.4. The fraction of sp³-hybridized carbons (Fsp3) is 0.0333. The molecule has 0 atom stereocenters. The van der Waals surface area contributed by atoms with Gasteiger partial charge in [0.05, 0.1) is 5.69 Å². The molecule has 0 spiro atoms. The third-order valence-electron chi connectivity index (χ3n) is 6.53. The summed E-state index contributed by atoms with van der Waals surface area (Å²) >= 11 is 0. The normalized spacial score (nSPS) is 11.7. The summed E-state index contributed by atoms with van der Waals surface area (Å²) in [7, 11) is 2.03. The maximum absolute atomic E-state index is 6.13. The molecule has 7 aromatic rings. The highest BCUT2D eigenvalue weighted by Crippen LogP contribution is 2.34. The average Bonchev–Trinajstić information content (AvgIpc) is 3.45. The van der Waals surface area contributed by atoms with E-state index < -0.39 is 0 Å². The lowest BCUT2D eigenvalue weighted by atomic mass is 9.76. The van der Waals surface area contributed by atoms with Gasteiger partial charge in [-0.05, 0) is 65.3 Å². The largest absolute Gasteiger partial charge is 0.456 e. The van der Waals surface area contributed by atoms with Gasteiger partial charge in [0.1, 0.15) is 22.3 Å². The van der Waals surface area contributed by atoms with Crippen LogP contribution in [0.4, 0.5) is 0 Å². The minimum atomic E-state index is 0.872. The van der Waals surface area contributed by atoms with Crippen LogP contribution in [0.1, 0.15) is 0 Å². The number of rotatable bonds is 3. The predicted molar refractivity (Wildman–Crippen MR) is 141 cm³/mol. The molecule has 0 aliphatic rings. The van der Waals surface area contributed by atoms with Gasteiger partial charge in [0.2, 0.25) is 0 Å². The van der Waals surface area contributed by atoms with Gasteiger partial charge in [-0.1, -0.05) is 55.4 Å². The Balaban J connectivity index is 1.38. The van der Waals surface area contributed by atoms with Crippen LogP contribution < -0.4 is 5.59 Å². The molecule has 7 rings (SSSR count). The Hall–Kier alpha value is -4.31. The topological polar surface area (TPSA) is 39.2 Å². The maximum Gasteiger partial charge on any atom is 0.174 e. The second-order valence-corrected chi connectivity index (χ2v) is 8.57. The first-order chi connectivity index (χ1) is 16.8. The lowest BCUT2D eigenvalue weighted by Gasteiger charge is -2.09. The zero-order valence-electron chi connectivity index (χ0n) is 18.6. The van der Waals surface area contributed by atoms with Crippen molar-refractivity contribution in [2.75, 3.05) is 0 Å². The Bertz CT molecular complexity index is 1730. The highest BCUT2D eigenvalue weighted by molar-refractivity contribution is 6.51. The number of fused-ring (bicyclic) bond motifs is 6. The maximum atomic E-state index is 6.13. The van der Waals surface area contributed by atoms with Crippen LogP contribution in [0.15, 0.2) is 106 Å². The molecule has 3 heterocycles. The second kappa shape index (κ2) is 7.36. The van der Waals surface area contributed by atoms with E-state index in [1.165, 1.54) is 0 Å². The molecule has 0 saturated carbocycles. The van der Waals surface area contributed by atoms with Gasteiger partial charge in [-0.15, -0.1) is 0 Å². The lowest BCUT2D eigenvalue weighted by Crippen LogP contribution is -2.16. The highest BCUT2D eigenvalue weighted by atomic mass is 16.3. The van der Waals surface area contributed by atoms with Gasteiger partial charge in [0.25, 0.3) is 0 Å². The SMILES string of the molecule is C[B]c1cc(-c2ccc3c(c2)oc2ccccc23)cc(-c2ccc3c(c2)oc2ccccc23)n1. The van der Waals surface area contributed by atoms with E-state index in [9.17, 15) is 0 Å². The van der Waals surface area contributed by atoms with E-state index >= 15 is 0 Å². The molecule has 0 fully saturated rings. The third kappa shape index (κ3) is 2.96. The lowest BCUT2D eigenvalue weighted by molar-refractivity contribution is 0.668. The molecule has 159 valence electrons. The number of nitrogens with zero attached hydrogens (tertiary/aromatic N) is 1. The van der Waals surface area contributed by atoms with Crippen molar-refractivity contribution in [3.8, 4) is 22.4 Å². The van der Waals surface area contributed by atoms with E-state index in [1.54, 1.807) is 0 Å². The first-order valence-electron chi connectivity index (χ1n) is 11.4. The molecule has 4 heteroatoms. The van der Waals surface area contributed by atoms with Crippen molar-refractivity contribution in [1.82, 2.24) is 4.98 Å². The number of benzene rings is 4. The van der Waals surface area contributed by atoms with Gasteiger partial charge in [0.15, 0.2) is 7.28 Å². The molecular formula is C30H19BNO2. The van der Waals surface area contributed by atoms with Gasteiger partial charge in [-0.2, -0.15) is 0 Å². The minimum absolute atomic E-state index is 0.872. The molecule has 0 bridgehead atoms. The Morgan fingerprint density at radius 2 is 1.09 bits per heavy atom. The van der Waals surface area contributed by atoms with Crippen LogP contribution in [-0.4, -0.2) is 12.3 Å². The molecule has 3 aromatic heterocycles. The van der Waals surface area contributed by atoms with Crippen molar-refractivity contribution < 1.29 is 8.83 Å². The van der Waals surface area contributed by atoms with Gasteiger partial charge in [0, 0.05) is 27.1 Å². The van der Waals surface area contributed by atoms with Crippen LogP contribution in [0.25, 0.3) is 66.3 Å². The number of furan rings is 2. The first kappa shape index (κ1) is 19.2. The zero-order chi connectivity index (χ0) is 22.6. The Kier molecular flexibility index (Phi) is 4.15. The Morgan fingerprint density at radius 3 is 1.74 bits per heavy atom. The molecule has 0 amide bonds. The van der Waals surface area contributed by atoms with Gasteiger partial charge in [-0.25, -0.2) is 0 Å². The van der Waals surface area contributed by atoms with Gasteiger partial charge >= 0.3 is 0 Å². The summed E-state index contributed by atoms with van der Waals surface area (Å²) < 4.78 is 12.2. The van der Waals surface area contributed by atoms with Gasteiger partial charge in [-0.3, -0.25) is 4.98 Å². The Morgan fingerprint density at radius 1 is 0.529 bits per heavy atom. The van der Waals surface area contributed by atoms with Crippen LogP contribution >= 0.6 is 0 Å². The summed E-state index contributed by atoms with van der Waals surface area (Å²) in [6.07, 6.45) is 0. The summed E-state index contributed by atoms with van der Waals surface area (Å²) in [4.78, 5) is 4.88. The van der Waals surface area contributed by atoms with Crippen LogP contribution in [-0.2, 0) is 0 Å². The predicted octanol–water partition coefficient (Wildman–Crippen LogP) is 7.59. The molecule has 1 radical (unpaired) electrons. The summed E-state index contributed by atoms with van der Waals surface area (Å²) in [5, 5.41) is 4.52. The zero-order valence-corrected chi connectivity index (χ0v) is 18.6. The van der Waals surface area contributed by atoms with Crippen LogP contribution in [0.3, 0.4) is 0 Å². The van der Waals surface area contributed by atoms with E-state index in [0.29, 0.717) is 0 Å². The fourth-order valence-electron chi connectivity index (χ4n) is 4.81. The molecule has 0 aliphatic heterocycles. The van der Waals surface area contributed by atoms with Crippen molar-refractivity contribution in [3.63, 3.8) is 0 Å². The molecule has 0 aliphatic carbocycles. The van der Waals surface area contributed by atoms with Crippen molar-refractivity contribution in [2.24, 2.45) is 0 Å². The van der Waals surface area contributed by atoms with Crippen LogP contribution in [0, 0.1) is 0 Å². The number of hydrogen-bond acceptors (Lipinski definition) is 3. The van der Waals surface area contributed by atoms with E-state index in [4.69, 9.17) is 13.8 Å². The molecule has 0 saturated heterocycles. The number of hydrogen-bond donors (Lipinski definition) is 0. The summed E-state index contributed by atoms with van der Waals surface area (Å²) in [5.74, 6) is 0. The molecule has 0 N–H and O–H groups in total. The number of aromatic nitrogens is 1. The average molecular weight is 436 g/mol.